The molecule has 2 aliphatic rings. The SMILES string of the molecule is COc1ccc(Br)cc1S(=O)(=O)Nc1cc2c(C)noc2cc1OCC(=O)NCCCNc1ccc2c(c1)C(=O)N(C1CCC(=O)NC1=O)C2=O. The summed E-state index contributed by atoms with van der Waals surface area (Å²) in [6, 6.07) is 11.1. The Morgan fingerprint density at radius 3 is 2.59 bits per heavy atom. The van der Waals surface area contributed by atoms with Crippen molar-refractivity contribution >= 4 is 77.8 Å². The van der Waals surface area contributed by atoms with E-state index in [-0.39, 0.29) is 52.6 Å². The molecule has 0 radical (unpaired) electrons. The van der Waals surface area contributed by atoms with Gasteiger partial charge in [-0.25, -0.2) is 8.42 Å². The van der Waals surface area contributed by atoms with Crippen molar-refractivity contribution in [3.63, 3.8) is 0 Å². The second-order valence-electron chi connectivity index (χ2n) is 11.6. The zero-order valence-electron chi connectivity index (χ0n) is 27.2. The van der Waals surface area contributed by atoms with Crippen LogP contribution in [0.1, 0.15) is 45.7 Å². The predicted octanol–water partition coefficient (Wildman–Crippen LogP) is 3.11. The number of ether oxygens (including phenoxy) is 2. The maximum atomic E-state index is 13.4. The van der Waals surface area contributed by atoms with E-state index in [0.717, 1.165) is 4.90 Å². The molecule has 3 heterocycles. The summed E-state index contributed by atoms with van der Waals surface area (Å²) >= 11 is 3.28. The highest BCUT2D eigenvalue weighted by molar-refractivity contribution is 9.10. The van der Waals surface area contributed by atoms with Crippen molar-refractivity contribution in [3.8, 4) is 11.5 Å². The third-order valence-electron chi connectivity index (χ3n) is 8.22. The van der Waals surface area contributed by atoms with Crippen LogP contribution in [0.3, 0.4) is 0 Å². The fourth-order valence-corrected chi connectivity index (χ4v) is 7.44. The molecule has 0 saturated carbocycles. The summed E-state index contributed by atoms with van der Waals surface area (Å²) in [5, 5.41) is 12.5. The second-order valence-corrected chi connectivity index (χ2v) is 14.2. The normalized spacial score (nSPS) is 15.8. The molecule has 1 aromatic heterocycles. The molecule has 6 rings (SSSR count). The van der Waals surface area contributed by atoms with E-state index in [4.69, 9.17) is 14.0 Å². The fraction of sp³-hybridized carbons (Fsp3) is 0.273. The van der Waals surface area contributed by atoms with E-state index in [9.17, 15) is 32.4 Å². The van der Waals surface area contributed by atoms with E-state index < -0.39 is 52.2 Å². The molecule has 2 aliphatic heterocycles. The van der Waals surface area contributed by atoms with Gasteiger partial charge in [0.1, 0.15) is 22.4 Å². The number of imide groups is 2. The largest absolute Gasteiger partial charge is 0.495 e. The number of fused-ring (bicyclic) bond motifs is 2. The number of anilines is 2. The van der Waals surface area contributed by atoms with Gasteiger partial charge in [-0.1, -0.05) is 21.1 Å². The van der Waals surface area contributed by atoms with Crippen molar-refractivity contribution in [2.45, 2.75) is 37.1 Å². The number of methoxy groups -OCH3 is 1. The van der Waals surface area contributed by atoms with Gasteiger partial charge in [0.05, 0.1) is 29.6 Å². The van der Waals surface area contributed by atoms with Gasteiger partial charge in [0.2, 0.25) is 11.8 Å². The molecular formula is C33H31BrN6O10S. The van der Waals surface area contributed by atoms with Crippen LogP contribution in [0.5, 0.6) is 11.5 Å². The Hall–Kier alpha value is -5.49. The lowest BCUT2D eigenvalue weighted by molar-refractivity contribution is -0.136. The quantitative estimate of drug-likeness (QED) is 0.114. The third kappa shape index (κ3) is 7.36. The molecule has 1 fully saturated rings. The average Bonchev–Trinajstić information content (AvgIpc) is 3.57. The molecule has 0 bridgehead atoms. The number of halogens is 1. The van der Waals surface area contributed by atoms with Gasteiger partial charge in [-0.05, 0) is 62.2 Å². The summed E-state index contributed by atoms with van der Waals surface area (Å²) in [6.45, 7) is 1.91. The standard InChI is InChI=1S/C33H31BrN6O10S/c1-17-21-14-23(39-51(46,47)28-12-18(34)4-8-25(28)48-2)27(15-26(21)50-38-17)49-16-30(42)36-11-3-10-35-19-5-6-20-22(13-19)33(45)40(32(20)44)24-7-9-29(41)37-31(24)43/h4-6,8,12-15,24,35,39H,3,7,9-11,16H2,1-2H3,(H,36,42)(H,37,41,43). The molecule has 16 nitrogen and oxygen atoms in total. The van der Waals surface area contributed by atoms with Crippen molar-refractivity contribution in [3.05, 3.63) is 69.8 Å². The van der Waals surface area contributed by atoms with Crippen LogP contribution in [0.25, 0.3) is 11.0 Å². The Balaban J connectivity index is 1.03. The number of aryl methyl sites for hydroxylation is 1. The zero-order chi connectivity index (χ0) is 36.4. The van der Waals surface area contributed by atoms with E-state index in [1.165, 1.54) is 43.5 Å². The maximum Gasteiger partial charge on any atom is 0.265 e. The van der Waals surface area contributed by atoms with Crippen LogP contribution in [-0.4, -0.2) is 80.9 Å². The van der Waals surface area contributed by atoms with Gasteiger partial charge in [-0.2, -0.15) is 0 Å². The minimum absolute atomic E-state index is 0.0310. The molecule has 4 N–H and O–H groups in total. The number of carbonyl (C=O) groups excluding carboxylic acids is 5. The highest BCUT2D eigenvalue weighted by Crippen LogP contribution is 2.36. The molecule has 1 atom stereocenters. The fourth-order valence-electron chi connectivity index (χ4n) is 5.67. The van der Waals surface area contributed by atoms with Crippen LogP contribution in [0.15, 0.2) is 62.4 Å². The number of aromatic nitrogens is 1. The molecule has 4 aromatic rings. The molecule has 0 spiro atoms. The first-order chi connectivity index (χ1) is 24.4. The highest BCUT2D eigenvalue weighted by Gasteiger charge is 2.44. The first kappa shape index (κ1) is 35.3. The van der Waals surface area contributed by atoms with Crippen LogP contribution in [0, 0.1) is 6.92 Å². The number of nitrogens with zero attached hydrogens (tertiary/aromatic N) is 2. The third-order valence-corrected chi connectivity index (χ3v) is 10.1. The van der Waals surface area contributed by atoms with E-state index in [1.54, 1.807) is 19.1 Å². The van der Waals surface area contributed by atoms with Gasteiger partial charge >= 0.3 is 0 Å². The molecule has 1 unspecified atom stereocenters. The predicted molar refractivity (Wildman–Crippen MR) is 185 cm³/mol. The number of nitrogens with one attached hydrogen (secondary N) is 4. The van der Waals surface area contributed by atoms with E-state index >= 15 is 0 Å². The van der Waals surface area contributed by atoms with Gasteiger partial charge in [0.25, 0.3) is 27.7 Å². The van der Waals surface area contributed by atoms with Gasteiger partial charge < -0.3 is 24.6 Å². The van der Waals surface area contributed by atoms with Gasteiger partial charge in [-0.3, -0.25) is 38.9 Å². The molecule has 51 heavy (non-hydrogen) atoms. The molecule has 1 saturated heterocycles. The lowest BCUT2D eigenvalue weighted by Gasteiger charge is -2.27. The number of rotatable bonds is 13. The molecule has 266 valence electrons. The molecular weight excluding hydrogens is 752 g/mol. The number of hydrogen-bond acceptors (Lipinski definition) is 12. The topological polar surface area (TPSA) is 215 Å². The molecule has 5 amide bonds. The zero-order valence-corrected chi connectivity index (χ0v) is 29.6. The first-order valence-corrected chi connectivity index (χ1v) is 17.9. The van der Waals surface area contributed by atoms with Crippen LogP contribution >= 0.6 is 15.9 Å². The number of sulfonamides is 1. The summed E-state index contributed by atoms with van der Waals surface area (Å²) in [5.74, 6) is -2.64. The Kier molecular flexibility index (Phi) is 9.97. The lowest BCUT2D eigenvalue weighted by Crippen LogP contribution is -2.54. The van der Waals surface area contributed by atoms with E-state index in [2.05, 4.69) is 41.8 Å². The molecule has 18 heteroatoms. The number of piperidine rings is 1. The number of hydrogen-bond donors (Lipinski definition) is 4. The average molecular weight is 784 g/mol. The maximum absolute atomic E-state index is 13.4. The van der Waals surface area contributed by atoms with Crippen LogP contribution < -0.4 is 30.1 Å². The first-order valence-electron chi connectivity index (χ1n) is 15.6. The number of amides is 5. The summed E-state index contributed by atoms with van der Waals surface area (Å²) in [6.07, 6.45) is 0.570. The number of carbonyl (C=O) groups is 5. The van der Waals surface area contributed by atoms with Crippen molar-refractivity contribution in [1.82, 2.24) is 20.7 Å². The number of benzene rings is 3. The van der Waals surface area contributed by atoms with Gasteiger partial charge in [-0.15, -0.1) is 0 Å². The van der Waals surface area contributed by atoms with Crippen LogP contribution in [-0.2, 0) is 24.4 Å². The molecule has 3 aromatic carbocycles. The Labute approximate surface area is 299 Å². The van der Waals surface area contributed by atoms with Crippen LogP contribution in [0.2, 0.25) is 0 Å². The van der Waals surface area contributed by atoms with Crippen LogP contribution in [0.4, 0.5) is 11.4 Å². The van der Waals surface area contributed by atoms with Crippen molar-refractivity contribution in [2.75, 3.05) is 36.8 Å². The van der Waals surface area contributed by atoms with Crippen molar-refractivity contribution in [2.24, 2.45) is 0 Å². The summed E-state index contributed by atoms with van der Waals surface area (Å²) < 4.78 is 46.2. The minimum atomic E-state index is -4.18. The Morgan fingerprint density at radius 2 is 1.82 bits per heavy atom. The molecule has 0 aliphatic carbocycles. The summed E-state index contributed by atoms with van der Waals surface area (Å²) in [4.78, 5) is 63.2. The Morgan fingerprint density at radius 1 is 1.04 bits per heavy atom. The summed E-state index contributed by atoms with van der Waals surface area (Å²) in [7, 11) is -2.82. The van der Waals surface area contributed by atoms with E-state index in [1.807, 2.05) is 0 Å². The smallest absolute Gasteiger partial charge is 0.265 e. The van der Waals surface area contributed by atoms with Gasteiger partial charge in [0, 0.05) is 41.1 Å². The lowest BCUT2D eigenvalue weighted by atomic mass is 10.0. The highest BCUT2D eigenvalue weighted by atomic mass is 79.9. The monoisotopic (exact) mass is 782 g/mol. The van der Waals surface area contributed by atoms with Gasteiger partial charge in [0.15, 0.2) is 12.2 Å². The van der Waals surface area contributed by atoms with E-state index in [0.29, 0.717) is 39.8 Å². The van der Waals surface area contributed by atoms with Crippen molar-refractivity contribution in [1.29, 1.82) is 0 Å². The minimum Gasteiger partial charge on any atom is -0.495 e. The summed E-state index contributed by atoms with van der Waals surface area (Å²) in [5.41, 5.74) is 1.79. The Bertz CT molecular complexity index is 2210. The van der Waals surface area contributed by atoms with Crippen molar-refractivity contribution < 1.29 is 46.4 Å². The second kappa shape index (κ2) is 14.4.